The van der Waals surface area contributed by atoms with Crippen molar-refractivity contribution in [2.24, 2.45) is 5.10 Å². The molecule has 9 heteroatoms. The second-order valence-electron chi connectivity index (χ2n) is 5.66. The van der Waals surface area contributed by atoms with Crippen LogP contribution in [0.2, 0.25) is 0 Å². The van der Waals surface area contributed by atoms with Gasteiger partial charge >= 0.3 is 0 Å². The first-order chi connectivity index (χ1) is 12.5. The van der Waals surface area contributed by atoms with Gasteiger partial charge in [0.15, 0.2) is 0 Å². The molecule has 1 aliphatic rings. The lowest BCUT2D eigenvalue weighted by Gasteiger charge is -2.26. The molecule has 3 rings (SSSR count). The van der Waals surface area contributed by atoms with Crippen molar-refractivity contribution in [3.63, 3.8) is 0 Å². The molecule has 2 heterocycles. The van der Waals surface area contributed by atoms with E-state index < -0.39 is 15.9 Å². The summed E-state index contributed by atoms with van der Waals surface area (Å²) in [4.78, 5) is 13.4. The number of rotatable bonds is 5. The van der Waals surface area contributed by atoms with E-state index in [9.17, 15) is 13.2 Å². The Kier molecular flexibility index (Phi) is 5.82. The van der Waals surface area contributed by atoms with Crippen molar-refractivity contribution in [3.8, 4) is 0 Å². The van der Waals surface area contributed by atoms with Gasteiger partial charge in [0.05, 0.1) is 23.8 Å². The monoisotopic (exact) mass is 393 g/mol. The Morgan fingerprint density at radius 1 is 1.23 bits per heavy atom. The van der Waals surface area contributed by atoms with Crippen LogP contribution in [0.5, 0.6) is 0 Å². The molecule has 138 valence electrons. The van der Waals surface area contributed by atoms with Gasteiger partial charge in [-0.3, -0.25) is 4.79 Å². The summed E-state index contributed by atoms with van der Waals surface area (Å²) in [5.74, 6) is -0.458. The third kappa shape index (κ3) is 4.18. The van der Waals surface area contributed by atoms with Gasteiger partial charge in [-0.15, -0.1) is 11.3 Å². The molecule has 1 aliphatic heterocycles. The number of carbonyl (C=O) groups is 1. The van der Waals surface area contributed by atoms with Gasteiger partial charge in [-0.05, 0) is 36.6 Å². The van der Waals surface area contributed by atoms with Gasteiger partial charge in [-0.1, -0.05) is 12.1 Å². The maximum Gasteiger partial charge on any atom is 0.271 e. The second-order valence-corrected chi connectivity index (χ2v) is 8.55. The lowest BCUT2D eigenvalue weighted by Crippen LogP contribution is -2.40. The van der Waals surface area contributed by atoms with Gasteiger partial charge < -0.3 is 4.74 Å². The Morgan fingerprint density at radius 2 is 2.00 bits per heavy atom. The van der Waals surface area contributed by atoms with Crippen LogP contribution in [0.25, 0.3) is 0 Å². The largest absolute Gasteiger partial charge is 0.379 e. The number of hydrogen-bond donors (Lipinski definition) is 1. The molecule has 26 heavy (non-hydrogen) atoms. The number of amides is 1. The number of hydrazone groups is 1. The Labute approximate surface area is 156 Å². The van der Waals surface area contributed by atoms with Crippen LogP contribution in [0.15, 0.2) is 51.8 Å². The summed E-state index contributed by atoms with van der Waals surface area (Å²) in [5.41, 5.74) is 3.40. The number of nitrogens with one attached hydrogen (secondary N) is 1. The van der Waals surface area contributed by atoms with Crippen LogP contribution >= 0.6 is 11.3 Å². The van der Waals surface area contributed by atoms with Crippen molar-refractivity contribution >= 4 is 33.0 Å². The van der Waals surface area contributed by atoms with E-state index in [1.807, 2.05) is 17.5 Å². The molecule has 0 bridgehead atoms. The lowest BCUT2D eigenvalue weighted by atomic mass is 10.2. The fraction of sp³-hybridized carbons (Fsp3) is 0.294. The summed E-state index contributed by atoms with van der Waals surface area (Å²) in [7, 11) is -3.65. The van der Waals surface area contributed by atoms with Crippen molar-refractivity contribution in [1.82, 2.24) is 9.73 Å². The summed E-state index contributed by atoms with van der Waals surface area (Å²) < 4.78 is 32.0. The number of sulfonamides is 1. The molecule has 1 fully saturated rings. The molecule has 1 amide bonds. The standard InChI is InChI=1S/C17H19N3O4S2/c1-13(16-6-3-11-25-16)18-19-17(21)14-4-2-5-15(12-14)26(22,23)20-7-9-24-10-8-20/h2-6,11-12H,7-10H2,1H3,(H,19,21). The molecule has 0 aliphatic carbocycles. The number of hydrogen-bond acceptors (Lipinski definition) is 6. The Morgan fingerprint density at radius 3 is 2.69 bits per heavy atom. The zero-order valence-electron chi connectivity index (χ0n) is 14.2. The molecule has 1 N–H and O–H groups in total. The van der Waals surface area contributed by atoms with Crippen LogP contribution in [0, 0.1) is 0 Å². The van der Waals surface area contributed by atoms with Crippen LogP contribution in [0.3, 0.4) is 0 Å². The Balaban J connectivity index is 1.76. The highest BCUT2D eigenvalue weighted by molar-refractivity contribution is 7.89. The van der Waals surface area contributed by atoms with E-state index in [1.165, 1.54) is 27.8 Å². The minimum atomic E-state index is -3.65. The average Bonchev–Trinajstić information content (AvgIpc) is 3.21. The zero-order valence-corrected chi connectivity index (χ0v) is 15.8. The maximum absolute atomic E-state index is 12.7. The van der Waals surface area contributed by atoms with Gasteiger partial charge in [0.2, 0.25) is 10.0 Å². The average molecular weight is 393 g/mol. The van der Waals surface area contributed by atoms with E-state index in [4.69, 9.17) is 4.74 Å². The van der Waals surface area contributed by atoms with Crippen LogP contribution in [0.4, 0.5) is 0 Å². The van der Waals surface area contributed by atoms with E-state index in [-0.39, 0.29) is 10.5 Å². The Hall–Kier alpha value is -2.07. The lowest BCUT2D eigenvalue weighted by molar-refractivity contribution is 0.0730. The molecule has 0 radical (unpaired) electrons. The smallest absolute Gasteiger partial charge is 0.271 e. The molecular formula is C17H19N3O4S2. The summed E-state index contributed by atoms with van der Waals surface area (Å²) in [6.45, 7) is 3.16. The molecule has 1 aromatic heterocycles. The van der Waals surface area contributed by atoms with Crippen LogP contribution in [-0.2, 0) is 14.8 Å². The topological polar surface area (TPSA) is 88.1 Å². The van der Waals surface area contributed by atoms with Crippen molar-refractivity contribution < 1.29 is 17.9 Å². The SMILES string of the molecule is CC(=NNC(=O)c1cccc(S(=O)(=O)N2CCOCC2)c1)c1cccs1. The van der Waals surface area contributed by atoms with Crippen LogP contribution in [-0.4, -0.2) is 50.6 Å². The van der Waals surface area contributed by atoms with Gasteiger partial charge in [-0.2, -0.15) is 9.41 Å². The highest BCUT2D eigenvalue weighted by atomic mass is 32.2. The molecule has 1 saturated heterocycles. The van der Waals surface area contributed by atoms with Crippen LogP contribution < -0.4 is 5.43 Å². The van der Waals surface area contributed by atoms with Crippen LogP contribution in [0.1, 0.15) is 22.2 Å². The molecule has 0 spiro atoms. The first-order valence-corrected chi connectivity index (χ1v) is 10.4. The molecule has 0 unspecified atom stereocenters. The van der Waals surface area contributed by atoms with Gasteiger partial charge in [0.25, 0.3) is 5.91 Å². The highest BCUT2D eigenvalue weighted by Gasteiger charge is 2.26. The maximum atomic E-state index is 12.7. The predicted molar refractivity (Wildman–Crippen MR) is 100 cm³/mol. The fourth-order valence-corrected chi connectivity index (χ4v) is 4.60. The first-order valence-electron chi connectivity index (χ1n) is 8.05. The molecule has 0 saturated carbocycles. The molecule has 0 atom stereocenters. The van der Waals surface area contributed by atoms with Gasteiger partial charge in [0, 0.05) is 23.5 Å². The number of morpholine rings is 1. The summed E-state index contributed by atoms with van der Waals surface area (Å²) in [5, 5.41) is 6.00. The number of nitrogens with zero attached hydrogens (tertiary/aromatic N) is 2. The molecule has 1 aromatic carbocycles. The number of thiophene rings is 1. The minimum Gasteiger partial charge on any atom is -0.379 e. The fourth-order valence-electron chi connectivity index (χ4n) is 2.47. The van der Waals surface area contributed by atoms with E-state index in [0.29, 0.717) is 32.0 Å². The Bertz CT molecular complexity index is 902. The third-order valence-corrected chi connectivity index (χ3v) is 6.78. The summed E-state index contributed by atoms with van der Waals surface area (Å²) >= 11 is 1.52. The zero-order chi connectivity index (χ0) is 18.6. The number of carbonyl (C=O) groups excluding carboxylic acids is 1. The molecule has 2 aromatic rings. The molecular weight excluding hydrogens is 374 g/mol. The van der Waals surface area contributed by atoms with E-state index >= 15 is 0 Å². The summed E-state index contributed by atoms with van der Waals surface area (Å²) in [6, 6.07) is 9.78. The first kappa shape index (κ1) is 18.7. The van der Waals surface area contributed by atoms with Crippen molar-refractivity contribution in [2.75, 3.05) is 26.3 Å². The second kappa shape index (κ2) is 8.09. The highest BCUT2D eigenvalue weighted by Crippen LogP contribution is 2.18. The van der Waals surface area contributed by atoms with E-state index in [2.05, 4.69) is 10.5 Å². The normalized spacial score (nSPS) is 16.4. The van der Waals surface area contributed by atoms with E-state index in [1.54, 1.807) is 19.1 Å². The number of benzene rings is 1. The van der Waals surface area contributed by atoms with Gasteiger partial charge in [0.1, 0.15) is 0 Å². The van der Waals surface area contributed by atoms with Crippen molar-refractivity contribution in [3.05, 3.63) is 52.2 Å². The molecule has 7 nitrogen and oxygen atoms in total. The van der Waals surface area contributed by atoms with Crippen molar-refractivity contribution in [2.45, 2.75) is 11.8 Å². The van der Waals surface area contributed by atoms with Crippen molar-refractivity contribution in [1.29, 1.82) is 0 Å². The summed E-state index contributed by atoms with van der Waals surface area (Å²) in [6.07, 6.45) is 0. The quantitative estimate of drug-likeness (QED) is 0.621. The van der Waals surface area contributed by atoms with Gasteiger partial charge in [-0.25, -0.2) is 13.8 Å². The predicted octanol–water partition coefficient (Wildman–Crippen LogP) is 1.92. The van der Waals surface area contributed by atoms with E-state index in [0.717, 1.165) is 4.88 Å². The minimum absolute atomic E-state index is 0.0889. The third-order valence-electron chi connectivity index (χ3n) is 3.91. The number of ether oxygens (including phenoxy) is 1.